The molecule has 2 saturated heterocycles. The highest BCUT2D eigenvalue weighted by molar-refractivity contribution is 5.15. The SMILES string of the molecule is C[C@@H]1CC[C@@]2(OC1)OC1C[C@H]3C4CC[C@H]5C[C@@H](O)CC[C@]5(C)C4CC[C@]3(C)C1[C@@H]2C. The molecule has 0 aromatic heterocycles. The molecule has 0 amide bonds. The van der Waals surface area contributed by atoms with Crippen LogP contribution in [0, 0.1) is 52.3 Å². The van der Waals surface area contributed by atoms with Gasteiger partial charge in [0.2, 0.25) is 0 Å². The average Bonchev–Trinajstić information content (AvgIpc) is 3.16. The maximum atomic E-state index is 10.3. The summed E-state index contributed by atoms with van der Waals surface area (Å²) in [5, 5.41) is 10.3. The number of fused-ring (bicyclic) bond motifs is 7. The zero-order valence-corrected chi connectivity index (χ0v) is 19.7. The number of hydrogen-bond donors (Lipinski definition) is 1. The van der Waals surface area contributed by atoms with Crippen LogP contribution in [0.4, 0.5) is 0 Å². The molecule has 1 N–H and O–H groups in total. The van der Waals surface area contributed by atoms with E-state index in [9.17, 15) is 5.11 Å². The van der Waals surface area contributed by atoms with E-state index in [0.717, 1.165) is 49.5 Å². The lowest BCUT2D eigenvalue weighted by molar-refractivity contribution is -0.273. The van der Waals surface area contributed by atoms with Crippen molar-refractivity contribution < 1.29 is 14.6 Å². The lowest BCUT2D eigenvalue weighted by atomic mass is 9.44. The zero-order valence-electron chi connectivity index (χ0n) is 19.7. The summed E-state index contributed by atoms with van der Waals surface area (Å²) >= 11 is 0. The summed E-state index contributed by atoms with van der Waals surface area (Å²) in [7, 11) is 0. The minimum absolute atomic E-state index is 0.0389. The first-order valence-electron chi connectivity index (χ1n) is 13.3. The highest BCUT2D eigenvalue weighted by atomic mass is 16.7. The third-order valence-corrected chi connectivity index (χ3v) is 11.9. The highest BCUT2D eigenvalue weighted by Gasteiger charge is 2.69. The van der Waals surface area contributed by atoms with Crippen LogP contribution in [-0.4, -0.2) is 29.7 Å². The number of aliphatic hydroxyl groups excluding tert-OH is 1. The molecule has 0 aromatic carbocycles. The van der Waals surface area contributed by atoms with Crippen molar-refractivity contribution in [1.29, 1.82) is 0 Å². The number of aliphatic hydroxyl groups is 1. The third-order valence-electron chi connectivity index (χ3n) is 11.9. The monoisotopic (exact) mass is 416 g/mol. The normalized spacial score (nSPS) is 62.5. The van der Waals surface area contributed by atoms with Gasteiger partial charge in [0.25, 0.3) is 0 Å². The lowest BCUT2D eigenvalue weighted by Crippen LogP contribution is -2.55. The van der Waals surface area contributed by atoms with Crippen LogP contribution in [0.25, 0.3) is 0 Å². The molecule has 12 atom stereocenters. The molecule has 4 saturated carbocycles. The fourth-order valence-corrected chi connectivity index (χ4v) is 10.3. The molecule has 4 unspecified atom stereocenters. The first-order valence-corrected chi connectivity index (χ1v) is 13.3. The second-order valence-corrected chi connectivity index (χ2v) is 13.1. The van der Waals surface area contributed by atoms with Crippen molar-refractivity contribution in [2.45, 2.75) is 110 Å². The molecule has 3 heteroatoms. The van der Waals surface area contributed by atoms with Crippen molar-refractivity contribution in [3.05, 3.63) is 0 Å². The molecule has 6 fully saturated rings. The van der Waals surface area contributed by atoms with Gasteiger partial charge in [-0.1, -0.05) is 27.7 Å². The van der Waals surface area contributed by atoms with Crippen molar-refractivity contribution in [2.24, 2.45) is 52.3 Å². The summed E-state index contributed by atoms with van der Waals surface area (Å²) in [6, 6.07) is 0. The highest BCUT2D eigenvalue weighted by Crippen LogP contribution is 2.71. The minimum Gasteiger partial charge on any atom is -0.393 e. The third kappa shape index (κ3) is 2.61. The summed E-state index contributed by atoms with van der Waals surface area (Å²) in [5.41, 5.74) is 0.899. The van der Waals surface area contributed by atoms with Gasteiger partial charge in [0.15, 0.2) is 5.79 Å². The predicted octanol–water partition coefficient (Wildman–Crippen LogP) is 5.79. The Morgan fingerprint density at radius 1 is 0.833 bits per heavy atom. The maximum Gasteiger partial charge on any atom is 0.171 e. The van der Waals surface area contributed by atoms with E-state index in [0.29, 0.717) is 34.7 Å². The molecular weight excluding hydrogens is 372 g/mol. The second kappa shape index (κ2) is 6.70. The average molecular weight is 417 g/mol. The smallest absolute Gasteiger partial charge is 0.171 e. The summed E-state index contributed by atoms with van der Waals surface area (Å²) in [6.45, 7) is 10.9. The van der Waals surface area contributed by atoms with Crippen LogP contribution in [0.1, 0.15) is 91.9 Å². The number of hydrogen-bond acceptors (Lipinski definition) is 3. The molecular formula is C27H44O3. The summed E-state index contributed by atoms with van der Waals surface area (Å²) in [5.74, 6) is 4.93. The Bertz CT molecular complexity index is 684. The lowest BCUT2D eigenvalue weighted by Gasteiger charge is -2.61. The Balaban J connectivity index is 1.26. The van der Waals surface area contributed by atoms with Crippen molar-refractivity contribution in [1.82, 2.24) is 0 Å². The standard InChI is InChI=1S/C27H44O3/c1-16-7-12-27(29-15-16)17(2)24-23(30-27)14-22-20-6-5-18-13-19(28)8-10-25(18,3)21(20)9-11-26(22,24)4/h16-24,28H,5-15H2,1-4H3/t16-,17+,18+,19+,20?,21?,22+,23?,24?,25+,26+,27-/m1/s1. The number of ether oxygens (including phenoxy) is 2. The Labute approximate surface area is 183 Å². The van der Waals surface area contributed by atoms with E-state index in [4.69, 9.17) is 9.47 Å². The van der Waals surface area contributed by atoms with Gasteiger partial charge < -0.3 is 14.6 Å². The van der Waals surface area contributed by atoms with Crippen molar-refractivity contribution in [3.8, 4) is 0 Å². The van der Waals surface area contributed by atoms with E-state index in [-0.39, 0.29) is 11.9 Å². The van der Waals surface area contributed by atoms with Gasteiger partial charge in [-0.05, 0) is 104 Å². The first kappa shape index (κ1) is 20.5. The fraction of sp³-hybridized carbons (Fsp3) is 1.00. The predicted molar refractivity (Wildman–Crippen MR) is 118 cm³/mol. The molecule has 0 aromatic rings. The van der Waals surface area contributed by atoms with Crippen LogP contribution in [0.5, 0.6) is 0 Å². The fourth-order valence-electron chi connectivity index (χ4n) is 10.3. The molecule has 170 valence electrons. The quantitative estimate of drug-likeness (QED) is 0.543. The second-order valence-electron chi connectivity index (χ2n) is 13.1. The molecule has 6 aliphatic rings. The van der Waals surface area contributed by atoms with Gasteiger partial charge in [0, 0.05) is 12.3 Å². The van der Waals surface area contributed by atoms with Crippen LogP contribution in [0.15, 0.2) is 0 Å². The molecule has 6 rings (SSSR count). The topological polar surface area (TPSA) is 38.7 Å². The van der Waals surface area contributed by atoms with Crippen LogP contribution in [0.2, 0.25) is 0 Å². The van der Waals surface area contributed by atoms with E-state index < -0.39 is 0 Å². The molecule has 4 aliphatic carbocycles. The Kier molecular flexibility index (Phi) is 4.58. The van der Waals surface area contributed by atoms with Crippen LogP contribution in [0.3, 0.4) is 0 Å². The summed E-state index contributed by atoms with van der Waals surface area (Å²) in [4.78, 5) is 0. The molecule has 30 heavy (non-hydrogen) atoms. The van der Waals surface area contributed by atoms with Gasteiger partial charge in [-0.2, -0.15) is 0 Å². The molecule has 0 bridgehead atoms. The molecule has 0 radical (unpaired) electrons. The van der Waals surface area contributed by atoms with Gasteiger partial charge >= 0.3 is 0 Å². The van der Waals surface area contributed by atoms with E-state index in [1.165, 1.54) is 44.9 Å². The Morgan fingerprint density at radius 3 is 2.40 bits per heavy atom. The van der Waals surface area contributed by atoms with Gasteiger partial charge in [-0.3, -0.25) is 0 Å². The maximum absolute atomic E-state index is 10.3. The zero-order chi connectivity index (χ0) is 20.9. The minimum atomic E-state index is -0.282. The van der Waals surface area contributed by atoms with Gasteiger partial charge in [-0.25, -0.2) is 0 Å². The Morgan fingerprint density at radius 2 is 1.63 bits per heavy atom. The molecule has 3 nitrogen and oxygen atoms in total. The van der Waals surface area contributed by atoms with Crippen LogP contribution >= 0.6 is 0 Å². The van der Waals surface area contributed by atoms with Crippen molar-refractivity contribution in [3.63, 3.8) is 0 Å². The van der Waals surface area contributed by atoms with E-state index >= 15 is 0 Å². The van der Waals surface area contributed by atoms with Crippen LogP contribution < -0.4 is 0 Å². The van der Waals surface area contributed by atoms with Gasteiger partial charge in [0.1, 0.15) is 0 Å². The van der Waals surface area contributed by atoms with E-state index in [2.05, 4.69) is 27.7 Å². The van der Waals surface area contributed by atoms with Gasteiger partial charge in [-0.15, -0.1) is 0 Å². The van der Waals surface area contributed by atoms with Crippen LogP contribution in [-0.2, 0) is 9.47 Å². The molecule has 1 spiro atoms. The van der Waals surface area contributed by atoms with Gasteiger partial charge in [0.05, 0.1) is 18.8 Å². The summed E-state index contributed by atoms with van der Waals surface area (Å²) in [6.07, 6.45) is 12.9. The largest absolute Gasteiger partial charge is 0.393 e. The molecule has 2 aliphatic heterocycles. The molecule has 2 heterocycles. The number of rotatable bonds is 0. The summed E-state index contributed by atoms with van der Waals surface area (Å²) < 4.78 is 13.4. The van der Waals surface area contributed by atoms with E-state index in [1.807, 2.05) is 0 Å². The van der Waals surface area contributed by atoms with Crippen molar-refractivity contribution in [2.75, 3.05) is 6.61 Å². The van der Waals surface area contributed by atoms with E-state index in [1.54, 1.807) is 0 Å². The first-order chi connectivity index (χ1) is 14.3. The van der Waals surface area contributed by atoms with Crippen molar-refractivity contribution >= 4 is 0 Å². The Hall–Kier alpha value is -0.120.